The van der Waals surface area contributed by atoms with Gasteiger partial charge in [0.25, 0.3) is 0 Å². The van der Waals surface area contributed by atoms with Crippen molar-refractivity contribution in [3.63, 3.8) is 0 Å². The Labute approximate surface area is 103 Å². The lowest BCUT2D eigenvalue weighted by Crippen LogP contribution is -3.00. The van der Waals surface area contributed by atoms with E-state index in [1.807, 2.05) is 0 Å². The maximum atomic E-state index is 11.1. The van der Waals surface area contributed by atoms with E-state index in [1.54, 1.807) is 6.92 Å². The maximum Gasteiger partial charge on any atom is 0.333 e. The van der Waals surface area contributed by atoms with Crippen LogP contribution in [-0.4, -0.2) is 57.0 Å². The zero-order valence-corrected chi connectivity index (χ0v) is 10.8. The molecule has 0 bridgehead atoms. The predicted octanol–water partition coefficient (Wildman–Crippen LogP) is -2.41. The molecule has 1 rings (SSSR count). The number of carbonyl (C=O) groups is 1. The molecule has 0 radical (unpaired) electrons. The summed E-state index contributed by atoms with van der Waals surface area (Å²) in [6.07, 6.45) is 0. The fourth-order valence-electron chi connectivity index (χ4n) is 1.49. The van der Waals surface area contributed by atoms with Crippen LogP contribution in [0.15, 0.2) is 12.2 Å². The lowest BCUT2D eigenvalue weighted by Gasteiger charge is -2.37. The minimum Gasteiger partial charge on any atom is -1.00 e. The molecular weight excluding hydrogens is 230 g/mol. The van der Waals surface area contributed by atoms with E-state index in [9.17, 15) is 4.79 Å². The number of carbonyl (C=O) groups excluding carboxylic acids is 1. The van der Waals surface area contributed by atoms with Crippen molar-refractivity contribution in [2.24, 2.45) is 0 Å². The molecule has 0 N–H and O–H groups in total. The van der Waals surface area contributed by atoms with Crippen LogP contribution in [0.5, 0.6) is 0 Å². The Morgan fingerprint density at radius 2 is 2.00 bits per heavy atom. The monoisotopic (exact) mass is 249 g/mol. The average Bonchev–Trinajstić information content (AvgIpc) is 2.18. The zero-order valence-electron chi connectivity index (χ0n) is 10.00. The van der Waals surface area contributed by atoms with Crippen molar-refractivity contribution < 1.29 is 31.2 Å². The van der Waals surface area contributed by atoms with Crippen molar-refractivity contribution in [2.45, 2.75) is 6.92 Å². The maximum absolute atomic E-state index is 11.1. The molecule has 94 valence electrons. The molecule has 5 heteroatoms. The third kappa shape index (κ3) is 4.96. The highest BCUT2D eigenvalue weighted by molar-refractivity contribution is 5.86. The Morgan fingerprint density at radius 1 is 1.44 bits per heavy atom. The molecule has 0 aliphatic carbocycles. The SMILES string of the molecule is C=C(C)C(=O)OCC[N+]1(C)CCOCC1.[Cl-]. The van der Waals surface area contributed by atoms with E-state index in [1.165, 1.54) is 0 Å². The fraction of sp³-hybridized carbons (Fsp3) is 0.727. The van der Waals surface area contributed by atoms with Gasteiger partial charge >= 0.3 is 5.97 Å². The van der Waals surface area contributed by atoms with Crippen LogP contribution in [0, 0.1) is 0 Å². The molecule has 0 saturated carbocycles. The second kappa shape index (κ2) is 6.89. The summed E-state index contributed by atoms with van der Waals surface area (Å²) in [7, 11) is 2.16. The minimum absolute atomic E-state index is 0. The molecular formula is C11H20ClNO3. The average molecular weight is 250 g/mol. The van der Waals surface area contributed by atoms with Crippen molar-refractivity contribution in [1.82, 2.24) is 0 Å². The number of nitrogens with zero attached hydrogens (tertiary/aromatic N) is 1. The fourth-order valence-corrected chi connectivity index (χ4v) is 1.49. The third-order valence-corrected chi connectivity index (χ3v) is 2.76. The van der Waals surface area contributed by atoms with E-state index in [0.29, 0.717) is 12.2 Å². The van der Waals surface area contributed by atoms with E-state index in [4.69, 9.17) is 9.47 Å². The van der Waals surface area contributed by atoms with Crippen LogP contribution < -0.4 is 12.4 Å². The highest BCUT2D eigenvalue weighted by atomic mass is 35.5. The number of morpholine rings is 1. The number of likely N-dealkylation sites (N-methyl/N-ethyl adjacent to an activating group) is 1. The first-order chi connectivity index (χ1) is 7.03. The molecule has 4 nitrogen and oxygen atoms in total. The first-order valence-electron chi connectivity index (χ1n) is 5.27. The summed E-state index contributed by atoms with van der Waals surface area (Å²) in [4.78, 5) is 11.1. The van der Waals surface area contributed by atoms with Crippen LogP contribution in [0.1, 0.15) is 6.92 Å². The Morgan fingerprint density at radius 3 is 2.50 bits per heavy atom. The molecule has 0 aromatic heterocycles. The van der Waals surface area contributed by atoms with Gasteiger partial charge in [-0.05, 0) is 6.92 Å². The van der Waals surface area contributed by atoms with Crippen molar-refractivity contribution >= 4 is 5.97 Å². The van der Waals surface area contributed by atoms with Crippen LogP contribution in [0.4, 0.5) is 0 Å². The summed E-state index contributed by atoms with van der Waals surface area (Å²) in [6, 6.07) is 0. The highest BCUT2D eigenvalue weighted by Gasteiger charge is 2.25. The second-order valence-electron chi connectivity index (χ2n) is 4.32. The molecule has 1 aliphatic heterocycles. The summed E-state index contributed by atoms with van der Waals surface area (Å²) in [5.74, 6) is -0.296. The smallest absolute Gasteiger partial charge is 0.333 e. The zero-order chi connectivity index (χ0) is 11.3. The number of quaternary nitrogens is 1. The first-order valence-corrected chi connectivity index (χ1v) is 5.27. The van der Waals surface area contributed by atoms with E-state index in [0.717, 1.165) is 37.3 Å². The summed E-state index contributed by atoms with van der Waals surface area (Å²) < 4.78 is 11.3. The van der Waals surface area contributed by atoms with Gasteiger partial charge in [-0.2, -0.15) is 0 Å². The second-order valence-corrected chi connectivity index (χ2v) is 4.32. The quantitative estimate of drug-likeness (QED) is 0.316. The predicted molar refractivity (Wildman–Crippen MR) is 57.4 cm³/mol. The minimum atomic E-state index is -0.296. The summed E-state index contributed by atoms with van der Waals surface area (Å²) in [5.41, 5.74) is 0.458. The number of ether oxygens (including phenoxy) is 2. The normalized spacial score (nSPS) is 18.4. The molecule has 0 unspecified atom stereocenters. The molecule has 1 aliphatic rings. The van der Waals surface area contributed by atoms with Crippen molar-refractivity contribution in [3.8, 4) is 0 Å². The molecule has 1 fully saturated rings. The molecule has 1 heterocycles. The van der Waals surface area contributed by atoms with Gasteiger partial charge < -0.3 is 26.4 Å². The first kappa shape index (κ1) is 15.4. The van der Waals surface area contributed by atoms with Gasteiger partial charge in [0, 0.05) is 5.57 Å². The standard InChI is InChI=1S/C11H20NO3.ClH/c1-10(2)11(13)15-9-6-12(3)4-7-14-8-5-12;/h1,4-9H2,2-3H3;1H/q+1;/p-1. The molecule has 1 saturated heterocycles. The molecule has 0 aromatic carbocycles. The number of hydrogen-bond donors (Lipinski definition) is 0. The molecule has 0 atom stereocenters. The van der Waals surface area contributed by atoms with Crippen LogP contribution in [0.3, 0.4) is 0 Å². The Bertz CT molecular complexity index is 250. The lowest BCUT2D eigenvalue weighted by atomic mass is 10.3. The third-order valence-electron chi connectivity index (χ3n) is 2.76. The van der Waals surface area contributed by atoms with Crippen LogP contribution in [0.25, 0.3) is 0 Å². The summed E-state index contributed by atoms with van der Waals surface area (Å²) in [5, 5.41) is 0. The summed E-state index contributed by atoms with van der Waals surface area (Å²) in [6.45, 7) is 10.1. The van der Waals surface area contributed by atoms with Gasteiger partial charge in [-0.1, -0.05) is 6.58 Å². The van der Waals surface area contributed by atoms with Gasteiger partial charge in [0.2, 0.25) is 0 Å². The number of hydrogen-bond acceptors (Lipinski definition) is 3. The van der Waals surface area contributed by atoms with E-state index < -0.39 is 0 Å². The largest absolute Gasteiger partial charge is 1.00 e. The Kier molecular flexibility index (Phi) is 6.64. The van der Waals surface area contributed by atoms with Gasteiger partial charge in [-0.25, -0.2) is 4.79 Å². The van der Waals surface area contributed by atoms with Crippen LogP contribution in [-0.2, 0) is 14.3 Å². The number of esters is 1. The number of rotatable bonds is 4. The van der Waals surface area contributed by atoms with Crippen molar-refractivity contribution in [1.29, 1.82) is 0 Å². The molecule has 0 amide bonds. The summed E-state index contributed by atoms with van der Waals surface area (Å²) >= 11 is 0. The lowest BCUT2D eigenvalue weighted by molar-refractivity contribution is -0.917. The molecule has 0 spiro atoms. The topological polar surface area (TPSA) is 35.5 Å². The van der Waals surface area contributed by atoms with Crippen LogP contribution in [0.2, 0.25) is 0 Å². The number of halogens is 1. The van der Waals surface area contributed by atoms with Gasteiger partial charge in [-0.3, -0.25) is 0 Å². The molecule has 16 heavy (non-hydrogen) atoms. The van der Waals surface area contributed by atoms with Crippen molar-refractivity contribution in [2.75, 3.05) is 46.5 Å². The molecule has 0 aromatic rings. The van der Waals surface area contributed by atoms with Crippen molar-refractivity contribution in [3.05, 3.63) is 12.2 Å². The van der Waals surface area contributed by atoms with E-state index >= 15 is 0 Å². The van der Waals surface area contributed by atoms with E-state index in [2.05, 4.69) is 13.6 Å². The van der Waals surface area contributed by atoms with E-state index in [-0.39, 0.29) is 18.4 Å². The van der Waals surface area contributed by atoms with Gasteiger partial charge in [0.15, 0.2) is 0 Å². The Balaban J connectivity index is 0.00000225. The van der Waals surface area contributed by atoms with Gasteiger partial charge in [-0.15, -0.1) is 0 Å². The van der Waals surface area contributed by atoms with Gasteiger partial charge in [0.1, 0.15) is 26.2 Å². The van der Waals surface area contributed by atoms with Crippen LogP contribution >= 0.6 is 0 Å². The highest BCUT2D eigenvalue weighted by Crippen LogP contribution is 2.07. The van der Waals surface area contributed by atoms with Gasteiger partial charge in [0.05, 0.1) is 20.3 Å². The Hall–Kier alpha value is -0.580.